The van der Waals surface area contributed by atoms with Crippen LogP contribution in [0, 0.1) is 0 Å². The van der Waals surface area contributed by atoms with Crippen LogP contribution in [0.15, 0.2) is 16.7 Å². The molecule has 8 heteroatoms. The average Bonchev–Trinajstić information content (AvgIpc) is 2.76. The van der Waals surface area contributed by atoms with Crippen LogP contribution >= 0.6 is 15.9 Å². The van der Waals surface area contributed by atoms with Gasteiger partial charge in [-0.05, 0) is 34.8 Å². The number of nitrogens with one attached hydrogen (secondary N) is 3. The van der Waals surface area contributed by atoms with Crippen molar-refractivity contribution in [1.29, 1.82) is 0 Å². The Morgan fingerprint density at radius 1 is 1.35 bits per heavy atom. The summed E-state index contributed by atoms with van der Waals surface area (Å²) >= 11 is 3.28. The molecule has 1 aromatic rings. The Bertz CT molecular complexity index is 497. The third-order valence-electron chi connectivity index (χ3n) is 3.05. The van der Waals surface area contributed by atoms with E-state index in [1.54, 1.807) is 23.9 Å². The van der Waals surface area contributed by atoms with Crippen LogP contribution in [0.3, 0.4) is 0 Å². The van der Waals surface area contributed by atoms with Crippen LogP contribution in [0.2, 0.25) is 0 Å². The summed E-state index contributed by atoms with van der Waals surface area (Å²) in [5, 5.41) is 2.78. The molecule has 110 valence electrons. The number of aromatic nitrogens is 1. The van der Waals surface area contributed by atoms with E-state index in [0.717, 1.165) is 17.3 Å². The van der Waals surface area contributed by atoms with Crippen molar-refractivity contribution in [1.82, 2.24) is 20.7 Å². The molecule has 1 aliphatic rings. The van der Waals surface area contributed by atoms with Crippen molar-refractivity contribution >= 4 is 27.9 Å². The summed E-state index contributed by atoms with van der Waals surface area (Å²) in [6.45, 7) is 1.30. The maximum atomic E-state index is 11.9. The van der Waals surface area contributed by atoms with Crippen molar-refractivity contribution in [3.63, 3.8) is 0 Å². The molecule has 0 aromatic carbocycles. The standard InChI is InChI=1S/C12H17BrN4O3/c1-17-7-8(13)6-10(17)11(18)15-16-12(19)14-9-2-4-20-5-3-9/h6-7,9H,2-5H2,1H3,(H,15,18)(H2,14,16,19). The molecule has 0 aliphatic carbocycles. The van der Waals surface area contributed by atoms with Gasteiger partial charge in [-0.15, -0.1) is 0 Å². The first-order valence-electron chi connectivity index (χ1n) is 6.32. The molecule has 2 heterocycles. The van der Waals surface area contributed by atoms with Gasteiger partial charge in [-0.2, -0.15) is 0 Å². The molecule has 0 radical (unpaired) electrons. The van der Waals surface area contributed by atoms with Crippen molar-refractivity contribution in [3.05, 3.63) is 22.4 Å². The van der Waals surface area contributed by atoms with E-state index < -0.39 is 6.03 Å². The fourth-order valence-electron chi connectivity index (χ4n) is 1.99. The lowest BCUT2D eigenvalue weighted by Gasteiger charge is -2.23. The Morgan fingerprint density at radius 3 is 2.65 bits per heavy atom. The number of ether oxygens (including phenoxy) is 1. The maximum absolute atomic E-state index is 11.9. The van der Waals surface area contributed by atoms with E-state index in [4.69, 9.17) is 4.74 Å². The molecule has 0 spiro atoms. The summed E-state index contributed by atoms with van der Waals surface area (Å²) in [5.41, 5.74) is 5.16. The Balaban J connectivity index is 1.78. The fraction of sp³-hybridized carbons (Fsp3) is 0.500. The highest BCUT2D eigenvalue weighted by Crippen LogP contribution is 2.13. The second kappa shape index (κ2) is 6.76. The van der Waals surface area contributed by atoms with Crippen molar-refractivity contribution in [3.8, 4) is 0 Å². The monoisotopic (exact) mass is 344 g/mol. The third-order valence-corrected chi connectivity index (χ3v) is 3.48. The molecule has 7 nitrogen and oxygen atoms in total. The molecule has 1 saturated heterocycles. The average molecular weight is 345 g/mol. The van der Waals surface area contributed by atoms with E-state index in [0.29, 0.717) is 18.9 Å². The van der Waals surface area contributed by atoms with Gasteiger partial charge >= 0.3 is 6.03 Å². The van der Waals surface area contributed by atoms with E-state index in [9.17, 15) is 9.59 Å². The first-order valence-corrected chi connectivity index (χ1v) is 7.12. The van der Waals surface area contributed by atoms with Gasteiger partial charge in [0.05, 0.1) is 0 Å². The second-order valence-electron chi connectivity index (χ2n) is 4.59. The van der Waals surface area contributed by atoms with E-state index in [1.165, 1.54) is 0 Å². The number of rotatable bonds is 2. The van der Waals surface area contributed by atoms with Crippen LogP contribution in [0.25, 0.3) is 0 Å². The van der Waals surface area contributed by atoms with E-state index >= 15 is 0 Å². The van der Waals surface area contributed by atoms with Gasteiger partial charge in [0.2, 0.25) is 0 Å². The van der Waals surface area contributed by atoms with Gasteiger partial charge in [-0.25, -0.2) is 10.2 Å². The van der Waals surface area contributed by atoms with E-state index in [-0.39, 0.29) is 11.9 Å². The normalized spacial score (nSPS) is 15.7. The number of aryl methyl sites for hydroxylation is 1. The number of hydrazine groups is 1. The third kappa shape index (κ3) is 3.97. The second-order valence-corrected chi connectivity index (χ2v) is 5.51. The van der Waals surface area contributed by atoms with Crippen LogP contribution in [0.4, 0.5) is 4.79 Å². The first kappa shape index (κ1) is 14.9. The SMILES string of the molecule is Cn1cc(Br)cc1C(=O)NNC(=O)NC1CCOCC1. The van der Waals surface area contributed by atoms with Crippen LogP contribution < -0.4 is 16.2 Å². The highest BCUT2D eigenvalue weighted by atomic mass is 79.9. The molecule has 2 rings (SSSR count). The number of carbonyl (C=O) groups is 2. The number of halogens is 1. The Morgan fingerprint density at radius 2 is 2.05 bits per heavy atom. The van der Waals surface area contributed by atoms with Crippen LogP contribution in [0.1, 0.15) is 23.3 Å². The number of carbonyl (C=O) groups excluding carboxylic acids is 2. The van der Waals surface area contributed by atoms with Gasteiger partial charge < -0.3 is 14.6 Å². The lowest BCUT2D eigenvalue weighted by molar-refractivity contribution is 0.0793. The van der Waals surface area contributed by atoms with Crippen LogP contribution in [0.5, 0.6) is 0 Å². The summed E-state index contributed by atoms with van der Waals surface area (Å²) in [7, 11) is 1.75. The molecule has 1 fully saturated rings. The van der Waals surface area contributed by atoms with Gasteiger partial charge in [0.15, 0.2) is 0 Å². The van der Waals surface area contributed by atoms with Gasteiger partial charge in [0.25, 0.3) is 5.91 Å². The highest BCUT2D eigenvalue weighted by Gasteiger charge is 2.17. The topological polar surface area (TPSA) is 84.4 Å². The predicted molar refractivity (Wildman–Crippen MR) is 76.1 cm³/mol. The molecule has 3 amide bonds. The molecular weight excluding hydrogens is 328 g/mol. The number of hydrogen-bond acceptors (Lipinski definition) is 3. The Hall–Kier alpha value is -1.54. The first-order chi connectivity index (χ1) is 9.56. The zero-order valence-corrected chi connectivity index (χ0v) is 12.7. The van der Waals surface area contributed by atoms with Crippen molar-refractivity contribution in [2.75, 3.05) is 13.2 Å². The van der Waals surface area contributed by atoms with Gasteiger partial charge in [0, 0.05) is 37.0 Å². The van der Waals surface area contributed by atoms with Gasteiger partial charge in [-0.1, -0.05) is 0 Å². The smallest absolute Gasteiger partial charge is 0.333 e. The quantitative estimate of drug-likeness (QED) is 0.697. The molecule has 0 atom stereocenters. The molecule has 0 unspecified atom stereocenters. The number of hydrogen-bond donors (Lipinski definition) is 3. The molecule has 1 aliphatic heterocycles. The molecule has 0 saturated carbocycles. The number of urea groups is 1. The minimum absolute atomic E-state index is 0.0878. The Labute approximate surface area is 125 Å². The van der Waals surface area contributed by atoms with Crippen LogP contribution in [-0.4, -0.2) is 35.8 Å². The zero-order valence-electron chi connectivity index (χ0n) is 11.1. The zero-order chi connectivity index (χ0) is 14.5. The summed E-state index contributed by atoms with van der Waals surface area (Å²) in [4.78, 5) is 23.5. The van der Waals surface area contributed by atoms with Crippen molar-refractivity contribution < 1.29 is 14.3 Å². The fourth-order valence-corrected chi connectivity index (χ4v) is 2.51. The lowest BCUT2D eigenvalue weighted by Crippen LogP contribution is -2.51. The number of nitrogens with zero attached hydrogens (tertiary/aromatic N) is 1. The van der Waals surface area contributed by atoms with E-state index in [2.05, 4.69) is 32.1 Å². The molecule has 1 aromatic heterocycles. The molecule has 3 N–H and O–H groups in total. The Kier molecular flexibility index (Phi) is 5.02. The summed E-state index contributed by atoms with van der Waals surface area (Å²) < 4.78 is 7.67. The van der Waals surface area contributed by atoms with Crippen molar-refractivity contribution in [2.24, 2.45) is 7.05 Å². The molecule has 20 heavy (non-hydrogen) atoms. The molecule has 0 bridgehead atoms. The lowest BCUT2D eigenvalue weighted by atomic mass is 10.1. The van der Waals surface area contributed by atoms with Gasteiger partial charge in [0.1, 0.15) is 5.69 Å². The predicted octanol–water partition coefficient (Wildman–Crippen LogP) is 0.911. The summed E-state index contributed by atoms with van der Waals surface area (Å²) in [5.74, 6) is -0.375. The van der Waals surface area contributed by atoms with Crippen molar-refractivity contribution in [2.45, 2.75) is 18.9 Å². The van der Waals surface area contributed by atoms with E-state index in [1.807, 2.05) is 0 Å². The van der Waals surface area contributed by atoms with Crippen LogP contribution in [-0.2, 0) is 11.8 Å². The largest absolute Gasteiger partial charge is 0.381 e. The van der Waals surface area contributed by atoms with Gasteiger partial charge in [-0.3, -0.25) is 10.2 Å². The minimum Gasteiger partial charge on any atom is -0.381 e. The molecular formula is C12H17BrN4O3. The minimum atomic E-state index is -0.418. The summed E-state index contributed by atoms with van der Waals surface area (Å²) in [6.07, 6.45) is 3.33. The summed E-state index contributed by atoms with van der Waals surface area (Å²) in [6, 6.07) is 1.34. The number of amides is 3. The highest BCUT2D eigenvalue weighted by molar-refractivity contribution is 9.10. The maximum Gasteiger partial charge on any atom is 0.333 e.